The summed E-state index contributed by atoms with van der Waals surface area (Å²) < 4.78 is 33.1. The van der Waals surface area contributed by atoms with Gasteiger partial charge in [-0.3, -0.25) is 9.10 Å². The molecule has 1 amide bonds. The van der Waals surface area contributed by atoms with E-state index in [0.29, 0.717) is 35.8 Å². The molecule has 174 valence electrons. The first-order chi connectivity index (χ1) is 15.8. The predicted octanol–water partition coefficient (Wildman–Crippen LogP) is 4.60. The standard InChI is InChI=1S/C25H27ClN2O4S/c1-19-9-15-23(16-10-19)33(30,31)28(21-11-13-22(32-2)14-12-21)18-25(29)27-17-5-7-20-6-3-4-8-24(20)26/h3-4,6,8-16H,5,7,17-18H2,1-2H3,(H,27,29). The summed E-state index contributed by atoms with van der Waals surface area (Å²) in [5.74, 6) is 0.205. The minimum absolute atomic E-state index is 0.121. The van der Waals surface area contributed by atoms with E-state index < -0.39 is 10.0 Å². The Morgan fingerprint density at radius 3 is 2.30 bits per heavy atom. The second kappa shape index (κ2) is 11.2. The maximum Gasteiger partial charge on any atom is 0.264 e. The van der Waals surface area contributed by atoms with Crippen LogP contribution in [0.2, 0.25) is 5.02 Å². The fourth-order valence-electron chi connectivity index (χ4n) is 3.30. The Bertz CT molecular complexity index is 1180. The molecule has 0 radical (unpaired) electrons. The molecule has 0 atom stereocenters. The first-order valence-corrected chi connectivity index (χ1v) is 12.4. The van der Waals surface area contributed by atoms with Gasteiger partial charge in [-0.15, -0.1) is 0 Å². The minimum atomic E-state index is -3.95. The van der Waals surface area contributed by atoms with Gasteiger partial charge in [0.2, 0.25) is 5.91 Å². The van der Waals surface area contributed by atoms with Crippen LogP contribution in [-0.4, -0.2) is 34.5 Å². The molecule has 33 heavy (non-hydrogen) atoms. The lowest BCUT2D eigenvalue weighted by atomic mass is 10.1. The number of ether oxygens (including phenoxy) is 1. The van der Waals surface area contributed by atoms with Crippen molar-refractivity contribution in [3.8, 4) is 5.75 Å². The topological polar surface area (TPSA) is 75.7 Å². The third kappa shape index (κ3) is 6.49. The van der Waals surface area contributed by atoms with E-state index in [2.05, 4.69) is 5.32 Å². The van der Waals surface area contributed by atoms with Gasteiger partial charge >= 0.3 is 0 Å². The van der Waals surface area contributed by atoms with Gasteiger partial charge in [0, 0.05) is 11.6 Å². The second-order valence-electron chi connectivity index (χ2n) is 7.57. The third-order valence-electron chi connectivity index (χ3n) is 5.16. The van der Waals surface area contributed by atoms with Crippen molar-refractivity contribution in [3.63, 3.8) is 0 Å². The van der Waals surface area contributed by atoms with Crippen molar-refractivity contribution in [1.82, 2.24) is 5.32 Å². The molecule has 0 aromatic heterocycles. The number of halogens is 1. The minimum Gasteiger partial charge on any atom is -0.497 e. The molecule has 0 aliphatic carbocycles. The van der Waals surface area contributed by atoms with Crippen LogP contribution < -0.4 is 14.4 Å². The predicted molar refractivity (Wildman–Crippen MR) is 131 cm³/mol. The van der Waals surface area contributed by atoms with Gasteiger partial charge < -0.3 is 10.1 Å². The first kappa shape index (κ1) is 24.6. The Morgan fingerprint density at radius 2 is 1.67 bits per heavy atom. The Balaban J connectivity index is 1.72. The SMILES string of the molecule is COc1ccc(N(CC(=O)NCCCc2ccccc2Cl)S(=O)(=O)c2ccc(C)cc2)cc1. The van der Waals surface area contributed by atoms with Crippen LogP contribution in [0.4, 0.5) is 5.69 Å². The van der Waals surface area contributed by atoms with Gasteiger partial charge in [-0.25, -0.2) is 8.42 Å². The van der Waals surface area contributed by atoms with Crippen LogP contribution in [0.15, 0.2) is 77.7 Å². The van der Waals surface area contributed by atoms with E-state index in [9.17, 15) is 13.2 Å². The highest BCUT2D eigenvalue weighted by Gasteiger charge is 2.27. The van der Waals surface area contributed by atoms with Crippen molar-refractivity contribution in [1.29, 1.82) is 0 Å². The number of methoxy groups -OCH3 is 1. The van der Waals surface area contributed by atoms with Gasteiger partial charge in [0.25, 0.3) is 10.0 Å². The number of hydrogen-bond acceptors (Lipinski definition) is 4. The molecular formula is C25H27ClN2O4S. The first-order valence-electron chi connectivity index (χ1n) is 10.5. The lowest BCUT2D eigenvalue weighted by Gasteiger charge is -2.24. The summed E-state index contributed by atoms with van der Waals surface area (Å²) >= 11 is 6.17. The zero-order valence-electron chi connectivity index (χ0n) is 18.6. The molecule has 0 aliphatic rings. The maximum absolute atomic E-state index is 13.4. The number of nitrogens with one attached hydrogen (secondary N) is 1. The molecule has 0 fully saturated rings. The fourth-order valence-corrected chi connectivity index (χ4v) is 4.95. The largest absolute Gasteiger partial charge is 0.497 e. The van der Waals surface area contributed by atoms with Gasteiger partial charge in [0.05, 0.1) is 17.7 Å². The quantitative estimate of drug-likeness (QED) is 0.425. The number of anilines is 1. The molecule has 8 heteroatoms. The van der Waals surface area contributed by atoms with E-state index in [1.807, 2.05) is 31.2 Å². The molecule has 3 aromatic rings. The summed E-state index contributed by atoms with van der Waals surface area (Å²) in [6.45, 7) is 1.95. The molecule has 0 spiro atoms. The molecule has 0 unspecified atom stereocenters. The maximum atomic E-state index is 13.4. The lowest BCUT2D eigenvalue weighted by Crippen LogP contribution is -2.41. The lowest BCUT2D eigenvalue weighted by molar-refractivity contribution is -0.119. The Labute approximate surface area is 200 Å². The van der Waals surface area contributed by atoms with E-state index in [-0.39, 0.29) is 17.3 Å². The van der Waals surface area contributed by atoms with Gasteiger partial charge in [-0.1, -0.05) is 47.5 Å². The van der Waals surface area contributed by atoms with E-state index in [1.165, 1.54) is 7.11 Å². The number of sulfonamides is 1. The van der Waals surface area contributed by atoms with Gasteiger partial charge in [0.1, 0.15) is 12.3 Å². The summed E-state index contributed by atoms with van der Waals surface area (Å²) in [5.41, 5.74) is 2.33. The average Bonchev–Trinajstić information content (AvgIpc) is 2.81. The summed E-state index contributed by atoms with van der Waals surface area (Å²) in [6.07, 6.45) is 1.40. The van der Waals surface area contributed by atoms with Crippen molar-refractivity contribution in [3.05, 3.63) is 88.9 Å². The summed E-state index contributed by atoms with van der Waals surface area (Å²) in [6, 6.07) is 20.7. The zero-order chi connectivity index (χ0) is 23.8. The zero-order valence-corrected chi connectivity index (χ0v) is 20.2. The molecule has 0 bridgehead atoms. The average molecular weight is 487 g/mol. The summed E-state index contributed by atoms with van der Waals surface area (Å²) in [5, 5.41) is 3.51. The second-order valence-corrected chi connectivity index (χ2v) is 9.84. The summed E-state index contributed by atoms with van der Waals surface area (Å²) in [4.78, 5) is 12.8. The van der Waals surface area contributed by atoms with Crippen LogP contribution >= 0.6 is 11.6 Å². The molecule has 0 saturated carbocycles. The van der Waals surface area contributed by atoms with Crippen LogP contribution in [-0.2, 0) is 21.2 Å². The molecule has 3 rings (SSSR count). The van der Waals surface area contributed by atoms with Gasteiger partial charge in [-0.2, -0.15) is 0 Å². The fraction of sp³-hybridized carbons (Fsp3) is 0.240. The van der Waals surface area contributed by atoms with E-state index >= 15 is 0 Å². The van der Waals surface area contributed by atoms with Crippen molar-refractivity contribution in [2.75, 3.05) is 24.5 Å². The van der Waals surface area contributed by atoms with E-state index in [0.717, 1.165) is 15.4 Å². The van der Waals surface area contributed by atoms with Crippen LogP contribution in [0.3, 0.4) is 0 Å². The van der Waals surface area contributed by atoms with Gasteiger partial charge in [-0.05, 0) is 67.8 Å². The molecule has 0 saturated heterocycles. The smallest absolute Gasteiger partial charge is 0.264 e. The highest BCUT2D eigenvalue weighted by Crippen LogP contribution is 2.26. The van der Waals surface area contributed by atoms with Crippen LogP contribution in [0.1, 0.15) is 17.5 Å². The van der Waals surface area contributed by atoms with Crippen LogP contribution in [0.25, 0.3) is 0 Å². The Hall–Kier alpha value is -3.03. The molecule has 0 aliphatic heterocycles. The number of carbonyl (C=O) groups excluding carboxylic acids is 1. The van der Waals surface area contributed by atoms with Crippen molar-refractivity contribution in [2.45, 2.75) is 24.7 Å². The molecule has 1 N–H and O–H groups in total. The number of benzene rings is 3. The number of nitrogens with zero attached hydrogens (tertiary/aromatic N) is 1. The number of aryl methyl sites for hydroxylation is 2. The monoisotopic (exact) mass is 486 g/mol. The van der Waals surface area contributed by atoms with Crippen LogP contribution in [0.5, 0.6) is 5.75 Å². The molecular weight excluding hydrogens is 460 g/mol. The highest BCUT2D eigenvalue weighted by atomic mass is 35.5. The van der Waals surface area contributed by atoms with Crippen molar-refractivity contribution < 1.29 is 17.9 Å². The van der Waals surface area contributed by atoms with Crippen molar-refractivity contribution in [2.24, 2.45) is 0 Å². The molecule has 0 heterocycles. The molecule has 3 aromatic carbocycles. The Kier molecular flexibility index (Phi) is 8.36. The van der Waals surface area contributed by atoms with Crippen molar-refractivity contribution >= 4 is 33.2 Å². The third-order valence-corrected chi connectivity index (χ3v) is 7.32. The highest BCUT2D eigenvalue weighted by molar-refractivity contribution is 7.92. The molecule has 6 nitrogen and oxygen atoms in total. The number of hydrogen-bond donors (Lipinski definition) is 1. The number of rotatable bonds is 10. The number of carbonyl (C=O) groups is 1. The summed E-state index contributed by atoms with van der Waals surface area (Å²) in [7, 11) is -2.42. The van der Waals surface area contributed by atoms with E-state index in [1.54, 1.807) is 48.5 Å². The Morgan fingerprint density at radius 1 is 1.00 bits per heavy atom. The van der Waals surface area contributed by atoms with E-state index in [4.69, 9.17) is 16.3 Å². The van der Waals surface area contributed by atoms with Gasteiger partial charge in [0.15, 0.2) is 0 Å². The number of amides is 1. The van der Waals surface area contributed by atoms with Crippen LogP contribution in [0, 0.1) is 6.92 Å². The normalized spacial score (nSPS) is 11.1.